The number of carbonyl (C=O) groups is 1. The Morgan fingerprint density at radius 2 is 2.00 bits per heavy atom. The van der Waals surface area contributed by atoms with Crippen LogP contribution in [0.25, 0.3) is 0 Å². The molecule has 1 N–H and O–H groups in total. The Bertz CT molecular complexity index is 1370. The molecule has 0 fully saturated rings. The van der Waals surface area contributed by atoms with Gasteiger partial charge >= 0.3 is 0 Å². The average molecular weight is 506 g/mol. The van der Waals surface area contributed by atoms with Gasteiger partial charge in [-0.2, -0.15) is 0 Å². The number of rotatable bonds is 8. The summed E-state index contributed by atoms with van der Waals surface area (Å²) >= 11 is 12.0. The largest absolute Gasteiger partial charge is 0.484 e. The number of hydrogen-bond donors (Lipinski definition) is 1. The zero-order valence-corrected chi connectivity index (χ0v) is 18.6. The third-order valence-corrected chi connectivity index (χ3v) is 5.15. The van der Waals surface area contributed by atoms with Gasteiger partial charge in [-0.15, -0.1) is 5.10 Å². The second kappa shape index (κ2) is 9.89. The number of benzene rings is 2. The molecular formula is C21H14Cl2FN5O5. The van der Waals surface area contributed by atoms with Gasteiger partial charge in [-0.05, 0) is 35.9 Å². The van der Waals surface area contributed by atoms with Crippen LogP contribution in [0.2, 0.25) is 10.0 Å². The Hall–Kier alpha value is -3.96. The van der Waals surface area contributed by atoms with Crippen LogP contribution in [0.3, 0.4) is 0 Å². The summed E-state index contributed by atoms with van der Waals surface area (Å²) in [6, 6.07) is 10.8. The monoisotopic (exact) mass is 505 g/mol. The van der Waals surface area contributed by atoms with E-state index in [0.717, 1.165) is 0 Å². The lowest BCUT2D eigenvalue weighted by atomic mass is 10.2. The van der Waals surface area contributed by atoms with Crippen molar-refractivity contribution in [2.24, 2.45) is 0 Å². The minimum atomic E-state index is -0.600. The van der Waals surface area contributed by atoms with Crippen LogP contribution >= 0.6 is 23.2 Å². The number of furan rings is 1. The van der Waals surface area contributed by atoms with Gasteiger partial charge in [-0.1, -0.05) is 29.3 Å². The summed E-state index contributed by atoms with van der Waals surface area (Å²) in [6.45, 7) is 0.115. The summed E-state index contributed by atoms with van der Waals surface area (Å²) in [5.41, 5.74) is 0.456. The molecule has 4 rings (SSSR count). The highest BCUT2D eigenvalue weighted by atomic mass is 35.5. The lowest BCUT2D eigenvalue weighted by molar-refractivity contribution is -0.384. The van der Waals surface area contributed by atoms with Crippen LogP contribution in [0.5, 0.6) is 5.75 Å². The number of nitrogens with one attached hydrogen (secondary N) is 1. The number of nitro groups is 1. The lowest BCUT2D eigenvalue weighted by Crippen LogP contribution is -2.12. The minimum Gasteiger partial charge on any atom is -0.484 e. The van der Waals surface area contributed by atoms with Gasteiger partial charge in [-0.3, -0.25) is 20.2 Å². The van der Waals surface area contributed by atoms with Crippen LogP contribution in [0.4, 0.5) is 16.0 Å². The molecule has 1 amide bonds. The lowest BCUT2D eigenvalue weighted by Gasteiger charge is -2.06. The molecule has 0 radical (unpaired) electrons. The van der Waals surface area contributed by atoms with Crippen LogP contribution in [0, 0.1) is 15.9 Å². The summed E-state index contributed by atoms with van der Waals surface area (Å²) < 4.78 is 25.5. The first-order chi connectivity index (χ1) is 16.3. The molecule has 0 bridgehead atoms. The molecule has 2 aromatic heterocycles. The second-order valence-corrected chi connectivity index (χ2v) is 7.70. The molecule has 0 spiro atoms. The highest BCUT2D eigenvalue weighted by molar-refractivity contribution is 6.32. The molecular weight excluding hydrogens is 492 g/mol. The zero-order valence-electron chi connectivity index (χ0n) is 17.1. The standard InChI is InChI=1S/C21H14Cl2FN5O5/c22-16-5-3-14(29(31)32)8-19(16)33-10-15-4-6-18(34-15)20(30)26-21-25-11-28(27-21)9-12-1-2-13(24)7-17(12)23/h1-8,11H,9-10H2,(H,26,27,30). The summed E-state index contributed by atoms with van der Waals surface area (Å²) in [5, 5.41) is 18.0. The predicted molar refractivity (Wildman–Crippen MR) is 120 cm³/mol. The van der Waals surface area contributed by atoms with Crippen molar-refractivity contribution >= 4 is 40.7 Å². The van der Waals surface area contributed by atoms with Crippen molar-refractivity contribution in [2.75, 3.05) is 5.32 Å². The fourth-order valence-electron chi connectivity index (χ4n) is 2.86. The Kier molecular flexibility index (Phi) is 6.75. The van der Waals surface area contributed by atoms with Crippen LogP contribution in [-0.2, 0) is 13.2 Å². The number of ether oxygens (including phenoxy) is 1. The Labute approximate surface area is 201 Å². The SMILES string of the molecule is O=C(Nc1ncn(Cc2ccc(F)cc2Cl)n1)c1ccc(COc2cc([N+](=O)[O-])ccc2Cl)o1. The number of carbonyl (C=O) groups excluding carboxylic acids is 1. The van der Waals surface area contributed by atoms with E-state index in [9.17, 15) is 19.3 Å². The van der Waals surface area contributed by atoms with Crippen LogP contribution in [0.1, 0.15) is 21.9 Å². The first-order valence-electron chi connectivity index (χ1n) is 9.58. The Morgan fingerprint density at radius 3 is 2.76 bits per heavy atom. The van der Waals surface area contributed by atoms with Gasteiger partial charge in [-0.25, -0.2) is 14.1 Å². The van der Waals surface area contributed by atoms with Crippen LogP contribution in [-0.4, -0.2) is 25.6 Å². The highest BCUT2D eigenvalue weighted by Crippen LogP contribution is 2.29. The normalized spacial score (nSPS) is 10.8. The van der Waals surface area contributed by atoms with Crippen molar-refractivity contribution in [1.29, 1.82) is 0 Å². The summed E-state index contributed by atoms with van der Waals surface area (Å²) in [6.07, 6.45) is 1.39. The molecule has 10 nitrogen and oxygen atoms in total. The zero-order chi connectivity index (χ0) is 24.2. The van der Waals surface area contributed by atoms with Gasteiger partial charge < -0.3 is 9.15 Å². The number of hydrogen-bond acceptors (Lipinski definition) is 7. The molecule has 0 saturated carbocycles. The first kappa shape index (κ1) is 23.2. The van der Waals surface area contributed by atoms with Gasteiger partial charge in [0.25, 0.3) is 11.6 Å². The highest BCUT2D eigenvalue weighted by Gasteiger charge is 2.16. The van der Waals surface area contributed by atoms with E-state index in [1.165, 1.54) is 59.5 Å². The maximum absolute atomic E-state index is 13.2. The van der Waals surface area contributed by atoms with Gasteiger partial charge in [0.1, 0.15) is 30.3 Å². The predicted octanol–water partition coefficient (Wildman–Crippen LogP) is 5.10. The quantitative estimate of drug-likeness (QED) is 0.260. The van der Waals surface area contributed by atoms with Gasteiger partial charge in [0.15, 0.2) is 5.76 Å². The van der Waals surface area contributed by atoms with E-state index < -0.39 is 16.6 Å². The molecule has 2 aromatic carbocycles. The number of nitro benzene ring substituents is 1. The number of amides is 1. The molecule has 0 aliphatic rings. The Balaban J connectivity index is 1.36. The summed E-state index contributed by atoms with van der Waals surface area (Å²) in [4.78, 5) is 26.8. The van der Waals surface area contributed by atoms with Crippen molar-refractivity contribution < 1.29 is 23.3 Å². The van der Waals surface area contributed by atoms with Crippen molar-refractivity contribution in [3.05, 3.63) is 97.9 Å². The van der Waals surface area contributed by atoms with E-state index in [2.05, 4.69) is 15.4 Å². The summed E-state index contributed by atoms with van der Waals surface area (Å²) in [7, 11) is 0. The number of non-ortho nitro benzene ring substituents is 1. The maximum atomic E-state index is 13.2. The molecule has 0 aliphatic heterocycles. The number of aromatic nitrogens is 3. The molecule has 4 aromatic rings. The van der Waals surface area contributed by atoms with E-state index in [-0.39, 0.29) is 52.1 Å². The van der Waals surface area contributed by atoms with E-state index >= 15 is 0 Å². The fraction of sp³-hybridized carbons (Fsp3) is 0.0952. The van der Waals surface area contributed by atoms with E-state index in [0.29, 0.717) is 5.56 Å². The molecule has 0 saturated heterocycles. The third kappa shape index (κ3) is 5.50. The first-order valence-corrected chi connectivity index (χ1v) is 10.3. The van der Waals surface area contributed by atoms with Gasteiger partial charge in [0, 0.05) is 11.1 Å². The van der Waals surface area contributed by atoms with Gasteiger partial charge in [0.2, 0.25) is 5.95 Å². The molecule has 34 heavy (non-hydrogen) atoms. The van der Waals surface area contributed by atoms with E-state index in [4.69, 9.17) is 32.4 Å². The van der Waals surface area contributed by atoms with Crippen molar-refractivity contribution in [3.8, 4) is 5.75 Å². The number of nitrogens with zero attached hydrogens (tertiary/aromatic N) is 4. The minimum absolute atomic E-state index is 0.0262. The van der Waals surface area contributed by atoms with E-state index in [1.807, 2.05) is 0 Å². The maximum Gasteiger partial charge on any atom is 0.293 e. The van der Waals surface area contributed by atoms with E-state index in [1.54, 1.807) is 0 Å². The average Bonchev–Trinajstić information content (AvgIpc) is 3.44. The molecule has 174 valence electrons. The Morgan fingerprint density at radius 1 is 1.18 bits per heavy atom. The number of halogens is 3. The number of anilines is 1. The van der Waals surface area contributed by atoms with Crippen LogP contribution < -0.4 is 10.1 Å². The van der Waals surface area contributed by atoms with Gasteiger partial charge in [0.05, 0.1) is 22.6 Å². The van der Waals surface area contributed by atoms with Crippen molar-refractivity contribution in [3.63, 3.8) is 0 Å². The summed E-state index contributed by atoms with van der Waals surface area (Å²) in [5.74, 6) is -0.650. The van der Waals surface area contributed by atoms with Crippen molar-refractivity contribution in [1.82, 2.24) is 14.8 Å². The smallest absolute Gasteiger partial charge is 0.293 e. The topological polar surface area (TPSA) is 125 Å². The van der Waals surface area contributed by atoms with Crippen molar-refractivity contribution in [2.45, 2.75) is 13.2 Å². The molecule has 0 atom stereocenters. The second-order valence-electron chi connectivity index (χ2n) is 6.88. The third-order valence-electron chi connectivity index (χ3n) is 4.49. The fourth-order valence-corrected chi connectivity index (χ4v) is 3.26. The molecule has 2 heterocycles. The molecule has 13 heteroatoms. The molecule has 0 unspecified atom stereocenters. The molecule has 0 aliphatic carbocycles. The van der Waals surface area contributed by atoms with Crippen LogP contribution in [0.15, 0.2) is 59.3 Å².